The zero-order valence-electron chi connectivity index (χ0n) is 12.4. The molecule has 22 heavy (non-hydrogen) atoms. The molecule has 2 aromatic rings. The highest BCUT2D eigenvalue weighted by atomic mass is 32.2. The van der Waals surface area contributed by atoms with E-state index in [0.717, 1.165) is 10.6 Å². The Hall–Kier alpha value is -2.12. The third-order valence-electron chi connectivity index (χ3n) is 3.27. The molecular weight excluding hydrogens is 304 g/mol. The van der Waals surface area contributed by atoms with Crippen LogP contribution in [0.3, 0.4) is 0 Å². The van der Waals surface area contributed by atoms with Crippen molar-refractivity contribution in [3.05, 3.63) is 60.1 Å². The fourth-order valence-corrected chi connectivity index (χ4v) is 2.64. The van der Waals surface area contributed by atoms with Crippen LogP contribution in [0.5, 0.6) is 0 Å². The smallest absolute Gasteiger partial charge is 0.243 e. The summed E-state index contributed by atoms with van der Waals surface area (Å²) >= 11 is 0. The van der Waals surface area contributed by atoms with Gasteiger partial charge in [-0.2, -0.15) is 4.31 Å². The minimum absolute atomic E-state index is 0.201. The Balaban J connectivity index is 2.22. The first-order valence-corrected chi connectivity index (χ1v) is 8.52. The van der Waals surface area contributed by atoms with Crippen molar-refractivity contribution in [2.45, 2.75) is 12.6 Å². The average molecular weight is 322 g/mol. The number of amides is 1. The van der Waals surface area contributed by atoms with Gasteiger partial charge in [0.1, 0.15) is 11.8 Å². The molecular formula is C15H18N2O4S. The molecule has 1 amide bonds. The highest BCUT2D eigenvalue weighted by molar-refractivity contribution is 7.88. The summed E-state index contributed by atoms with van der Waals surface area (Å²) < 4.78 is 29.8. The predicted molar refractivity (Wildman–Crippen MR) is 82.3 cm³/mol. The quantitative estimate of drug-likeness (QED) is 0.874. The largest absolute Gasteiger partial charge is 0.467 e. The van der Waals surface area contributed by atoms with Gasteiger partial charge in [-0.1, -0.05) is 30.3 Å². The van der Waals surface area contributed by atoms with Crippen LogP contribution in [0.2, 0.25) is 0 Å². The minimum atomic E-state index is -3.52. The number of carbonyl (C=O) groups excluding carboxylic acids is 1. The molecule has 0 spiro atoms. The molecule has 0 bridgehead atoms. The first-order valence-electron chi connectivity index (χ1n) is 6.67. The van der Waals surface area contributed by atoms with Gasteiger partial charge in [0.05, 0.1) is 19.1 Å². The normalized spacial score (nSPS) is 13.0. The third kappa shape index (κ3) is 3.96. The molecule has 0 radical (unpaired) electrons. The Morgan fingerprint density at radius 2 is 1.91 bits per heavy atom. The highest BCUT2D eigenvalue weighted by Gasteiger charge is 2.30. The number of nitrogens with zero attached hydrogens (tertiary/aromatic N) is 1. The van der Waals surface area contributed by atoms with Gasteiger partial charge in [-0.25, -0.2) is 8.42 Å². The van der Waals surface area contributed by atoms with Gasteiger partial charge in [-0.05, 0) is 17.7 Å². The van der Waals surface area contributed by atoms with Crippen molar-refractivity contribution in [3.63, 3.8) is 0 Å². The van der Waals surface area contributed by atoms with Crippen LogP contribution < -0.4 is 5.32 Å². The van der Waals surface area contributed by atoms with E-state index < -0.39 is 22.0 Å². The van der Waals surface area contributed by atoms with E-state index in [1.165, 1.54) is 13.3 Å². The Bertz CT molecular complexity index is 711. The lowest BCUT2D eigenvalue weighted by atomic mass is 10.1. The van der Waals surface area contributed by atoms with Crippen molar-refractivity contribution in [3.8, 4) is 0 Å². The van der Waals surface area contributed by atoms with Gasteiger partial charge >= 0.3 is 0 Å². The minimum Gasteiger partial charge on any atom is -0.467 e. The van der Waals surface area contributed by atoms with Crippen LogP contribution in [0, 0.1) is 0 Å². The molecule has 1 atom stereocenters. The van der Waals surface area contributed by atoms with Crippen LogP contribution in [0.1, 0.15) is 17.4 Å². The van der Waals surface area contributed by atoms with Crippen LogP contribution in [0.4, 0.5) is 0 Å². The van der Waals surface area contributed by atoms with E-state index in [-0.39, 0.29) is 6.54 Å². The van der Waals surface area contributed by atoms with Gasteiger partial charge in [-0.15, -0.1) is 0 Å². The number of benzene rings is 1. The van der Waals surface area contributed by atoms with Crippen LogP contribution in [-0.2, 0) is 21.4 Å². The molecule has 0 aliphatic heterocycles. The third-order valence-corrected chi connectivity index (χ3v) is 4.52. The van der Waals surface area contributed by atoms with Crippen molar-refractivity contribution in [2.75, 3.05) is 13.3 Å². The number of carbonyl (C=O) groups is 1. The van der Waals surface area contributed by atoms with E-state index in [1.807, 2.05) is 6.07 Å². The Morgan fingerprint density at radius 3 is 2.45 bits per heavy atom. The molecule has 0 saturated carbocycles. The maximum absolute atomic E-state index is 12.5. The Morgan fingerprint density at radius 1 is 1.23 bits per heavy atom. The summed E-state index contributed by atoms with van der Waals surface area (Å²) in [6, 6.07) is 11.3. The van der Waals surface area contributed by atoms with Crippen molar-refractivity contribution in [1.29, 1.82) is 0 Å². The van der Waals surface area contributed by atoms with E-state index in [4.69, 9.17) is 4.42 Å². The Labute approximate surface area is 129 Å². The maximum atomic E-state index is 12.5. The van der Waals surface area contributed by atoms with Gasteiger partial charge in [0.2, 0.25) is 15.9 Å². The number of sulfonamides is 1. The highest BCUT2D eigenvalue weighted by Crippen LogP contribution is 2.22. The topological polar surface area (TPSA) is 79.6 Å². The zero-order valence-corrected chi connectivity index (χ0v) is 13.2. The summed E-state index contributed by atoms with van der Waals surface area (Å²) in [4.78, 5) is 12.5. The first-order chi connectivity index (χ1) is 10.4. The molecule has 1 aromatic carbocycles. The van der Waals surface area contributed by atoms with Gasteiger partial charge in [0.25, 0.3) is 0 Å². The summed E-state index contributed by atoms with van der Waals surface area (Å²) in [7, 11) is -2.13. The second kappa shape index (κ2) is 6.76. The van der Waals surface area contributed by atoms with Crippen LogP contribution in [0.15, 0.2) is 53.1 Å². The van der Waals surface area contributed by atoms with Crippen molar-refractivity contribution in [1.82, 2.24) is 9.62 Å². The van der Waals surface area contributed by atoms with Gasteiger partial charge in [0.15, 0.2) is 0 Å². The number of furan rings is 1. The molecule has 1 aromatic heterocycles. The second-order valence-corrected chi connectivity index (χ2v) is 6.93. The Kier molecular flexibility index (Phi) is 4.99. The number of likely N-dealkylation sites (N-methyl/N-ethyl adjacent to an activating group) is 1. The monoisotopic (exact) mass is 322 g/mol. The summed E-state index contributed by atoms with van der Waals surface area (Å²) in [6.07, 6.45) is 2.58. The molecule has 1 N–H and O–H groups in total. The molecule has 1 heterocycles. The summed E-state index contributed by atoms with van der Waals surface area (Å²) in [5, 5.41) is 2.70. The predicted octanol–water partition coefficient (Wildman–Crippen LogP) is 1.53. The molecule has 0 unspecified atom stereocenters. The summed E-state index contributed by atoms with van der Waals surface area (Å²) in [5.74, 6) is 0.192. The fraction of sp³-hybridized carbons (Fsp3) is 0.267. The number of rotatable bonds is 6. The second-order valence-electron chi connectivity index (χ2n) is 4.89. The number of hydrogen-bond donors (Lipinski definition) is 1. The SMILES string of the molecule is CN([C@H](C(=O)NCc1ccco1)c1ccccc1)S(C)(=O)=O. The van der Waals surface area contributed by atoms with Crippen LogP contribution in [-0.4, -0.2) is 31.9 Å². The molecule has 2 rings (SSSR count). The van der Waals surface area contributed by atoms with Crippen molar-refractivity contribution >= 4 is 15.9 Å². The summed E-state index contributed by atoms with van der Waals surface area (Å²) in [5.41, 5.74) is 0.604. The molecule has 118 valence electrons. The number of hydrogen-bond acceptors (Lipinski definition) is 4. The van der Waals surface area contributed by atoms with Crippen molar-refractivity contribution in [2.24, 2.45) is 0 Å². The molecule has 0 saturated heterocycles. The lowest BCUT2D eigenvalue weighted by Crippen LogP contribution is -2.40. The maximum Gasteiger partial charge on any atom is 0.243 e. The molecule has 0 fully saturated rings. The van der Waals surface area contributed by atoms with Crippen LogP contribution in [0.25, 0.3) is 0 Å². The molecule has 6 nitrogen and oxygen atoms in total. The van der Waals surface area contributed by atoms with E-state index in [9.17, 15) is 13.2 Å². The van der Waals surface area contributed by atoms with E-state index in [0.29, 0.717) is 11.3 Å². The fourth-order valence-electron chi connectivity index (χ4n) is 2.04. The van der Waals surface area contributed by atoms with Crippen LogP contribution >= 0.6 is 0 Å². The van der Waals surface area contributed by atoms with Gasteiger partial charge in [0, 0.05) is 7.05 Å². The summed E-state index contributed by atoms with van der Waals surface area (Å²) in [6.45, 7) is 0.201. The van der Waals surface area contributed by atoms with Crippen molar-refractivity contribution < 1.29 is 17.6 Å². The first kappa shape index (κ1) is 16.3. The lowest BCUT2D eigenvalue weighted by molar-refractivity contribution is -0.125. The van der Waals surface area contributed by atoms with Gasteiger partial charge < -0.3 is 9.73 Å². The van der Waals surface area contributed by atoms with E-state index >= 15 is 0 Å². The molecule has 0 aliphatic carbocycles. The zero-order chi connectivity index (χ0) is 16.2. The van der Waals surface area contributed by atoms with E-state index in [1.54, 1.807) is 36.4 Å². The van der Waals surface area contributed by atoms with Gasteiger partial charge in [-0.3, -0.25) is 4.79 Å². The molecule has 7 heteroatoms. The molecule has 0 aliphatic rings. The number of nitrogens with one attached hydrogen (secondary N) is 1. The van der Waals surface area contributed by atoms with E-state index in [2.05, 4.69) is 5.32 Å². The standard InChI is InChI=1S/C15H18N2O4S/c1-17(22(2,19)20)14(12-7-4-3-5-8-12)15(18)16-11-13-9-6-10-21-13/h3-10,14H,11H2,1-2H3,(H,16,18)/t14-/m0/s1. The lowest BCUT2D eigenvalue weighted by Gasteiger charge is -2.25. The average Bonchev–Trinajstić information content (AvgIpc) is 2.99.